The Bertz CT molecular complexity index is 2280. The van der Waals surface area contributed by atoms with Crippen molar-refractivity contribution in [2.45, 2.75) is 165 Å². The monoisotopic (exact) mass is 1060 g/mol. The van der Waals surface area contributed by atoms with E-state index in [1.165, 1.54) is 25.6 Å². The summed E-state index contributed by atoms with van der Waals surface area (Å²) in [6, 6.07) is 13.9. The third-order valence-corrected chi connectivity index (χ3v) is 12.3. The van der Waals surface area contributed by atoms with Crippen molar-refractivity contribution in [1.82, 2.24) is 16.0 Å². The normalized spacial score (nSPS) is 29.5. The molecule has 0 aliphatic carbocycles. The largest absolute Gasteiger partial charge is 0.463 e. The Kier molecular flexibility index (Phi) is 22.1. The van der Waals surface area contributed by atoms with E-state index in [0.29, 0.717) is 4.90 Å². The van der Waals surface area contributed by atoms with Crippen molar-refractivity contribution in [2.24, 2.45) is 0 Å². The van der Waals surface area contributed by atoms with Gasteiger partial charge in [-0.3, -0.25) is 43.2 Å². The zero-order chi connectivity index (χ0) is 54.2. The van der Waals surface area contributed by atoms with Crippen LogP contribution in [0.2, 0.25) is 0 Å². The van der Waals surface area contributed by atoms with Crippen molar-refractivity contribution in [3.8, 4) is 0 Å². The number of benzene rings is 2. The number of rotatable bonds is 21. The lowest BCUT2D eigenvalue weighted by atomic mass is 9.93. The van der Waals surface area contributed by atoms with Gasteiger partial charge in [0, 0.05) is 67.2 Å². The van der Waals surface area contributed by atoms with E-state index < -0.39 is 158 Å². The highest BCUT2D eigenvalue weighted by atomic mass is 32.2. The lowest BCUT2D eigenvalue weighted by Gasteiger charge is -2.50. The van der Waals surface area contributed by atoms with Gasteiger partial charge in [-0.25, -0.2) is 0 Å². The van der Waals surface area contributed by atoms with Crippen LogP contribution in [-0.4, -0.2) is 164 Å². The molecule has 74 heavy (non-hydrogen) atoms. The first kappa shape index (κ1) is 58.7. The maximum Gasteiger partial charge on any atom is 0.303 e. The van der Waals surface area contributed by atoms with Gasteiger partial charge < -0.3 is 72.8 Å². The van der Waals surface area contributed by atoms with Crippen LogP contribution in [0.15, 0.2) is 65.6 Å². The molecule has 15 atom stereocenters. The van der Waals surface area contributed by atoms with Gasteiger partial charge >= 0.3 is 35.8 Å². The second-order valence-electron chi connectivity index (χ2n) is 17.3. The van der Waals surface area contributed by atoms with Crippen molar-refractivity contribution in [3.63, 3.8) is 0 Å². The maximum atomic E-state index is 13.2. The number of hydrogen-bond acceptors (Lipinski definition) is 22. The van der Waals surface area contributed by atoms with Gasteiger partial charge in [0.2, 0.25) is 17.7 Å². The highest BCUT2D eigenvalue weighted by Gasteiger charge is 2.57. The summed E-state index contributed by atoms with van der Waals surface area (Å²) >= 11 is 1.17. The molecule has 3 fully saturated rings. The van der Waals surface area contributed by atoms with Crippen LogP contribution in [0.3, 0.4) is 0 Å². The lowest BCUT2D eigenvalue weighted by Crippen LogP contribution is -2.71. The third kappa shape index (κ3) is 17.4. The molecule has 0 unspecified atom stereocenters. The van der Waals surface area contributed by atoms with Crippen LogP contribution in [-0.2, 0) is 107 Å². The summed E-state index contributed by atoms with van der Waals surface area (Å²) in [5.41, 5.74) is -0.270. The minimum atomic E-state index is -1.73. The summed E-state index contributed by atoms with van der Waals surface area (Å²) in [6.07, 6.45) is -16.4. The number of carbonyl (C=O) groups is 9. The fraction of sp³-hybridized carbons (Fsp3) is 0.571. The van der Waals surface area contributed by atoms with E-state index >= 15 is 0 Å². The summed E-state index contributed by atoms with van der Waals surface area (Å²) < 4.78 is 72.9. The maximum absolute atomic E-state index is 13.2. The molecule has 0 bridgehead atoms. The Morgan fingerprint density at radius 2 is 0.878 bits per heavy atom. The Balaban J connectivity index is 1.60. The number of thioether (sulfide) groups is 1. The van der Waals surface area contributed by atoms with E-state index in [0.717, 1.165) is 54.0 Å². The highest BCUT2D eigenvalue weighted by molar-refractivity contribution is 7.99. The van der Waals surface area contributed by atoms with Crippen LogP contribution in [0.1, 0.15) is 67.9 Å². The van der Waals surface area contributed by atoms with Gasteiger partial charge in [0.05, 0.1) is 19.8 Å². The molecule has 2 aromatic rings. The number of esters is 6. The number of carbonyl (C=O) groups excluding carboxylic acids is 9. The van der Waals surface area contributed by atoms with Crippen LogP contribution in [0.25, 0.3) is 0 Å². The van der Waals surface area contributed by atoms with Gasteiger partial charge in [-0.05, 0) is 17.7 Å². The SMILES string of the molecule is CC(=O)N[C@@H]1[C@@H](OC(C)=O)[C@H](OC(C)=O)[C@@H](CO[C@@H]2O[C@H](COCc3ccccc3)[C@@H](O[C@@H]3O[C@H](COC(C)=O)[C@@H](OC(C)=O)[C@H](OC(C)=O)[C@H]3NC(C)=O)[C@H](OC(C)=O)[C@H]2NC(C)=O)O[C@H]1Sc1ccccc1. The zero-order valence-corrected chi connectivity index (χ0v) is 43.1. The van der Waals surface area contributed by atoms with E-state index in [4.69, 9.17) is 56.8 Å². The molecule has 2 aromatic carbocycles. The van der Waals surface area contributed by atoms with Crippen LogP contribution in [0.5, 0.6) is 0 Å². The van der Waals surface area contributed by atoms with Crippen molar-refractivity contribution in [3.05, 3.63) is 66.2 Å². The highest BCUT2D eigenvalue weighted by Crippen LogP contribution is 2.38. The van der Waals surface area contributed by atoms with Crippen molar-refractivity contribution in [2.75, 3.05) is 19.8 Å². The average Bonchev–Trinajstić information content (AvgIpc) is 3.30. The summed E-state index contributed by atoms with van der Waals surface area (Å²) in [4.78, 5) is 115. The van der Waals surface area contributed by atoms with E-state index in [2.05, 4.69) is 16.0 Å². The molecule has 3 amide bonds. The number of hydrogen-bond donors (Lipinski definition) is 3. The Labute approximate surface area is 431 Å². The Morgan fingerprint density at radius 3 is 1.38 bits per heavy atom. The molecule has 24 nitrogen and oxygen atoms in total. The average molecular weight is 1060 g/mol. The first-order valence-electron chi connectivity index (χ1n) is 23.5. The molecule has 3 saturated heterocycles. The van der Waals surface area contributed by atoms with Crippen LogP contribution in [0.4, 0.5) is 0 Å². The molecule has 0 aromatic heterocycles. The number of ether oxygens (including phenoxy) is 12. The summed E-state index contributed by atoms with van der Waals surface area (Å²) in [6.45, 7) is 8.71. The second-order valence-corrected chi connectivity index (χ2v) is 18.5. The first-order valence-corrected chi connectivity index (χ1v) is 24.4. The van der Waals surface area contributed by atoms with Gasteiger partial charge in [0.1, 0.15) is 54.6 Å². The molecule has 0 radical (unpaired) electrons. The topological polar surface area (TPSA) is 300 Å². The smallest absolute Gasteiger partial charge is 0.303 e. The quantitative estimate of drug-likeness (QED) is 0.117. The standard InChI is InChI=1S/C49H63N3O21S/c1-24(53)50-38-44(67-30(7)59)43(73-48-39(51-25(2)54)45(68-31(8)60)41(65-28(5)57)36(71-48)22-63-27(4)56)35(21-62-20-33-16-12-10-13-17-33)70-47(38)64-23-37-42(66-29(6)58)46(69-32(9)61)40(52-26(3)55)49(72-37)74-34-18-14-11-15-19-34/h10-19,35-49H,20-23H2,1-9H3,(H,50,53)(H,51,54)(H,52,55)/t35-,36-,37-,38-,39-,40-,41-,42-,43-,44-,45-,46-,47-,48+,49+/m1/s1. The number of nitrogens with one attached hydrogen (secondary N) is 3. The van der Waals surface area contributed by atoms with Crippen LogP contribution in [0, 0.1) is 0 Å². The molecule has 3 N–H and O–H groups in total. The molecule has 406 valence electrons. The van der Waals surface area contributed by atoms with E-state index in [9.17, 15) is 43.2 Å². The van der Waals surface area contributed by atoms with Crippen molar-refractivity contribution in [1.29, 1.82) is 0 Å². The summed E-state index contributed by atoms with van der Waals surface area (Å²) in [5.74, 6) is -6.82. The molecule has 3 aliphatic heterocycles. The van der Waals surface area contributed by atoms with E-state index in [-0.39, 0.29) is 13.2 Å². The van der Waals surface area contributed by atoms with Gasteiger partial charge in [-0.2, -0.15) is 0 Å². The molecule has 0 spiro atoms. The zero-order valence-electron chi connectivity index (χ0n) is 42.2. The fourth-order valence-corrected chi connectivity index (χ4v) is 9.66. The van der Waals surface area contributed by atoms with Gasteiger partial charge in [-0.1, -0.05) is 60.3 Å². The summed E-state index contributed by atoms with van der Waals surface area (Å²) in [7, 11) is 0. The number of amides is 3. The molecular weight excluding hydrogens is 999 g/mol. The van der Waals surface area contributed by atoms with E-state index in [1.807, 2.05) is 6.07 Å². The van der Waals surface area contributed by atoms with Gasteiger partial charge in [-0.15, -0.1) is 0 Å². The van der Waals surface area contributed by atoms with Gasteiger partial charge in [0.25, 0.3) is 0 Å². The first-order chi connectivity index (χ1) is 35.1. The minimum Gasteiger partial charge on any atom is -0.463 e. The predicted molar refractivity (Wildman–Crippen MR) is 252 cm³/mol. The Morgan fingerprint density at radius 1 is 0.459 bits per heavy atom. The second kappa shape index (κ2) is 27.9. The molecule has 3 heterocycles. The fourth-order valence-electron chi connectivity index (χ4n) is 8.51. The predicted octanol–water partition coefficient (Wildman–Crippen LogP) is 1.31. The molecule has 25 heteroatoms. The van der Waals surface area contributed by atoms with Crippen LogP contribution >= 0.6 is 11.8 Å². The third-order valence-electron chi connectivity index (χ3n) is 11.1. The molecule has 5 rings (SSSR count). The Hall–Kier alpha value is -6.22. The van der Waals surface area contributed by atoms with Crippen LogP contribution < -0.4 is 16.0 Å². The molecular formula is C49H63N3O21S. The molecule has 0 saturated carbocycles. The lowest BCUT2D eigenvalue weighted by molar-refractivity contribution is -0.337. The summed E-state index contributed by atoms with van der Waals surface area (Å²) in [5, 5.41) is 8.11. The minimum absolute atomic E-state index is 0.0112. The van der Waals surface area contributed by atoms with E-state index in [1.54, 1.807) is 54.6 Å². The van der Waals surface area contributed by atoms with Crippen molar-refractivity contribution >= 4 is 65.3 Å². The van der Waals surface area contributed by atoms with Gasteiger partial charge in [0.15, 0.2) is 43.1 Å². The van der Waals surface area contributed by atoms with Crippen molar-refractivity contribution < 1.29 is 100.0 Å². The molecule has 3 aliphatic rings.